The van der Waals surface area contributed by atoms with Crippen LogP contribution in [0.1, 0.15) is 48.3 Å². The molecule has 2 unspecified atom stereocenters. The molecule has 3 nitrogen and oxygen atoms in total. The van der Waals surface area contributed by atoms with Gasteiger partial charge in [0.2, 0.25) is 0 Å². The molecule has 0 aliphatic heterocycles. The van der Waals surface area contributed by atoms with E-state index in [9.17, 15) is 0 Å². The Morgan fingerprint density at radius 2 is 1.68 bits per heavy atom. The summed E-state index contributed by atoms with van der Waals surface area (Å²) in [5.74, 6) is 0. The first-order valence-corrected chi connectivity index (χ1v) is 6.80. The average Bonchev–Trinajstić information content (AvgIpc) is 2.70. The predicted octanol–water partition coefficient (Wildman–Crippen LogP) is 3.45. The molecule has 3 heteroatoms. The highest BCUT2D eigenvalue weighted by Gasteiger charge is 2.15. The van der Waals surface area contributed by atoms with Gasteiger partial charge in [-0.15, -0.1) is 0 Å². The Morgan fingerprint density at radius 1 is 1.05 bits per heavy atom. The van der Waals surface area contributed by atoms with Crippen LogP contribution in [0.2, 0.25) is 0 Å². The molecule has 102 valence electrons. The first kappa shape index (κ1) is 13.8. The van der Waals surface area contributed by atoms with Gasteiger partial charge < -0.3 is 5.32 Å². The lowest BCUT2D eigenvalue weighted by Crippen LogP contribution is -2.22. The maximum atomic E-state index is 4.31. The number of nitrogens with one attached hydrogen (secondary N) is 1. The zero-order valence-electron chi connectivity index (χ0n) is 12.4. The third-order valence-corrected chi connectivity index (χ3v) is 3.82. The van der Waals surface area contributed by atoms with Gasteiger partial charge in [-0.25, -0.2) is 0 Å². The minimum Gasteiger partial charge on any atom is -0.304 e. The van der Waals surface area contributed by atoms with E-state index >= 15 is 0 Å². The number of rotatable bonds is 4. The van der Waals surface area contributed by atoms with Gasteiger partial charge in [0.1, 0.15) is 0 Å². The highest BCUT2D eigenvalue weighted by molar-refractivity contribution is 5.25. The topological polar surface area (TPSA) is 29.9 Å². The van der Waals surface area contributed by atoms with Crippen molar-refractivity contribution in [2.45, 2.75) is 39.8 Å². The van der Waals surface area contributed by atoms with Crippen molar-refractivity contribution < 1.29 is 0 Å². The van der Waals surface area contributed by atoms with Gasteiger partial charge in [-0.05, 0) is 33.3 Å². The van der Waals surface area contributed by atoms with E-state index in [0.29, 0.717) is 12.1 Å². The van der Waals surface area contributed by atoms with Crippen LogP contribution in [0.5, 0.6) is 0 Å². The highest BCUT2D eigenvalue weighted by atomic mass is 15.3. The summed E-state index contributed by atoms with van der Waals surface area (Å²) >= 11 is 0. The molecule has 0 amide bonds. The van der Waals surface area contributed by atoms with Crippen molar-refractivity contribution in [2.75, 3.05) is 0 Å². The van der Waals surface area contributed by atoms with Crippen molar-refractivity contribution in [3.63, 3.8) is 0 Å². The Morgan fingerprint density at radius 3 is 2.21 bits per heavy atom. The predicted molar refractivity (Wildman–Crippen MR) is 79.1 cm³/mol. The van der Waals surface area contributed by atoms with E-state index in [1.165, 1.54) is 22.4 Å². The first-order chi connectivity index (χ1) is 8.99. The van der Waals surface area contributed by atoms with Crippen LogP contribution in [0.25, 0.3) is 0 Å². The second kappa shape index (κ2) is 5.57. The van der Waals surface area contributed by atoms with E-state index in [0.717, 1.165) is 0 Å². The quantitative estimate of drug-likeness (QED) is 0.909. The Bertz CT molecular complexity index is 540. The zero-order valence-corrected chi connectivity index (χ0v) is 12.4. The van der Waals surface area contributed by atoms with Gasteiger partial charge in [0.05, 0.1) is 6.20 Å². The zero-order chi connectivity index (χ0) is 14.0. The Hall–Kier alpha value is -1.61. The molecule has 0 radical (unpaired) electrons. The summed E-state index contributed by atoms with van der Waals surface area (Å²) in [6, 6.07) is 9.33. The van der Waals surface area contributed by atoms with Crippen molar-refractivity contribution in [2.24, 2.45) is 7.05 Å². The highest BCUT2D eigenvalue weighted by Crippen LogP contribution is 2.21. The average molecular weight is 257 g/mol. The molecule has 19 heavy (non-hydrogen) atoms. The van der Waals surface area contributed by atoms with Crippen molar-refractivity contribution in [1.29, 1.82) is 0 Å². The van der Waals surface area contributed by atoms with E-state index in [1.54, 1.807) is 0 Å². The molecule has 0 saturated carbocycles. The molecule has 2 atom stereocenters. The summed E-state index contributed by atoms with van der Waals surface area (Å²) in [6.07, 6.45) is 1.95. The largest absolute Gasteiger partial charge is 0.304 e. The molecule has 0 aliphatic rings. The van der Waals surface area contributed by atoms with Crippen LogP contribution < -0.4 is 5.32 Å². The van der Waals surface area contributed by atoms with Gasteiger partial charge >= 0.3 is 0 Å². The third kappa shape index (κ3) is 3.04. The van der Waals surface area contributed by atoms with E-state index < -0.39 is 0 Å². The van der Waals surface area contributed by atoms with E-state index in [-0.39, 0.29) is 0 Å². The third-order valence-electron chi connectivity index (χ3n) is 3.82. The summed E-state index contributed by atoms with van der Waals surface area (Å²) in [5.41, 5.74) is 5.10. The van der Waals surface area contributed by atoms with Crippen LogP contribution in [-0.2, 0) is 7.05 Å². The standard InChI is InChI=1S/C16H23N3/c1-11-6-8-15(9-7-11)12(2)18-13(3)16-10-17-19(5)14(16)4/h6-10,12-13,18H,1-5H3. The SMILES string of the molecule is Cc1ccc(C(C)NC(C)c2cnn(C)c2C)cc1. The number of aromatic nitrogens is 2. The maximum Gasteiger partial charge on any atom is 0.0540 e. The fourth-order valence-corrected chi connectivity index (χ4v) is 2.36. The van der Waals surface area contributed by atoms with Gasteiger partial charge in [-0.2, -0.15) is 5.10 Å². The minimum absolute atomic E-state index is 0.296. The monoisotopic (exact) mass is 257 g/mol. The molecular weight excluding hydrogens is 234 g/mol. The molecule has 1 heterocycles. The molecule has 2 rings (SSSR count). The number of hydrogen-bond donors (Lipinski definition) is 1. The molecule has 0 aliphatic carbocycles. The number of nitrogens with zero attached hydrogens (tertiary/aromatic N) is 2. The van der Waals surface area contributed by atoms with Gasteiger partial charge in [0.15, 0.2) is 0 Å². The normalized spacial score (nSPS) is 14.4. The first-order valence-electron chi connectivity index (χ1n) is 6.80. The van der Waals surface area contributed by atoms with Gasteiger partial charge in [-0.3, -0.25) is 4.68 Å². The second-order valence-corrected chi connectivity index (χ2v) is 5.33. The lowest BCUT2D eigenvalue weighted by Gasteiger charge is -2.20. The Kier molecular flexibility index (Phi) is 4.05. The maximum absolute atomic E-state index is 4.31. The fraction of sp³-hybridized carbons (Fsp3) is 0.438. The molecule has 0 fully saturated rings. The van der Waals surface area contributed by atoms with Gasteiger partial charge in [0.25, 0.3) is 0 Å². The van der Waals surface area contributed by atoms with Crippen LogP contribution in [0.3, 0.4) is 0 Å². The van der Waals surface area contributed by atoms with Crippen LogP contribution >= 0.6 is 0 Å². The molecular formula is C16H23N3. The van der Waals surface area contributed by atoms with Crippen LogP contribution in [0.15, 0.2) is 30.5 Å². The number of benzene rings is 1. The lowest BCUT2D eigenvalue weighted by atomic mass is 10.0. The molecule has 0 saturated heterocycles. The van der Waals surface area contributed by atoms with Crippen LogP contribution in [-0.4, -0.2) is 9.78 Å². The summed E-state index contributed by atoms with van der Waals surface area (Å²) in [6.45, 7) is 8.61. The van der Waals surface area contributed by atoms with Crippen molar-refractivity contribution in [3.8, 4) is 0 Å². The van der Waals surface area contributed by atoms with Crippen LogP contribution in [0.4, 0.5) is 0 Å². The summed E-state index contributed by atoms with van der Waals surface area (Å²) in [4.78, 5) is 0. The second-order valence-electron chi connectivity index (χ2n) is 5.33. The van der Waals surface area contributed by atoms with Gasteiger partial charge in [0, 0.05) is 30.4 Å². The van der Waals surface area contributed by atoms with Crippen LogP contribution in [0, 0.1) is 13.8 Å². The number of aryl methyl sites for hydroxylation is 2. The Labute approximate surface area is 115 Å². The van der Waals surface area contributed by atoms with E-state index in [2.05, 4.69) is 62.4 Å². The number of hydrogen-bond acceptors (Lipinski definition) is 2. The smallest absolute Gasteiger partial charge is 0.0540 e. The minimum atomic E-state index is 0.296. The molecule has 1 aromatic carbocycles. The molecule has 2 aromatic rings. The summed E-state index contributed by atoms with van der Waals surface area (Å²) in [7, 11) is 1.98. The van der Waals surface area contributed by atoms with Crippen molar-refractivity contribution in [1.82, 2.24) is 15.1 Å². The molecule has 0 spiro atoms. The molecule has 1 N–H and O–H groups in total. The van der Waals surface area contributed by atoms with Gasteiger partial charge in [-0.1, -0.05) is 29.8 Å². The summed E-state index contributed by atoms with van der Waals surface area (Å²) < 4.78 is 1.92. The summed E-state index contributed by atoms with van der Waals surface area (Å²) in [5, 5.41) is 7.94. The van der Waals surface area contributed by atoms with E-state index in [4.69, 9.17) is 0 Å². The fourth-order valence-electron chi connectivity index (χ4n) is 2.36. The molecule has 1 aromatic heterocycles. The Balaban J connectivity index is 2.08. The lowest BCUT2D eigenvalue weighted by molar-refractivity contribution is 0.492. The van der Waals surface area contributed by atoms with Crippen molar-refractivity contribution >= 4 is 0 Å². The van der Waals surface area contributed by atoms with E-state index in [1.807, 2.05) is 17.9 Å². The molecule has 0 bridgehead atoms. The van der Waals surface area contributed by atoms with Crippen molar-refractivity contribution in [3.05, 3.63) is 52.8 Å².